The molecule has 1 aliphatic carbocycles. The summed E-state index contributed by atoms with van der Waals surface area (Å²) in [6.07, 6.45) is 9.46. The predicted molar refractivity (Wildman–Crippen MR) is 94.0 cm³/mol. The van der Waals surface area contributed by atoms with Crippen molar-refractivity contribution in [3.63, 3.8) is 0 Å². The second-order valence-corrected chi connectivity index (χ2v) is 6.23. The molecule has 130 valence electrons. The van der Waals surface area contributed by atoms with Gasteiger partial charge in [0.05, 0.1) is 5.02 Å². The number of carbonyl (C=O) groups is 2. The number of amides is 1. The molecule has 0 radical (unpaired) electrons. The summed E-state index contributed by atoms with van der Waals surface area (Å²) in [6.45, 7) is 1.03. The number of carboxylic acid groups (broad SMARTS) is 1. The minimum absolute atomic E-state index is 0.129. The van der Waals surface area contributed by atoms with Gasteiger partial charge in [-0.1, -0.05) is 30.9 Å². The van der Waals surface area contributed by atoms with E-state index in [0.717, 1.165) is 31.8 Å². The van der Waals surface area contributed by atoms with Gasteiger partial charge in [0.25, 0.3) is 0 Å². The highest BCUT2D eigenvalue weighted by molar-refractivity contribution is 6.33. The average Bonchev–Trinajstić information content (AvgIpc) is 2.58. The number of rotatable bonds is 7. The van der Waals surface area contributed by atoms with Crippen molar-refractivity contribution < 1.29 is 14.7 Å². The molecule has 7 heteroatoms. The number of nitrogens with zero attached hydrogens (tertiary/aromatic N) is 1. The molecule has 1 aromatic rings. The van der Waals surface area contributed by atoms with E-state index in [4.69, 9.17) is 16.7 Å². The van der Waals surface area contributed by atoms with Crippen LogP contribution in [0.15, 0.2) is 18.3 Å². The maximum absolute atomic E-state index is 12.0. The van der Waals surface area contributed by atoms with Gasteiger partial charge < -0.3 is 15.7 Å². The fraction of sp³-hybridized carbons (Fsp3) is 0.471. The number of pyridine rings is 1. The first-order valence-corrected chi connectivity index (χ1v) is 8.52. The molecule has 1 fully saturated rings. The van der Waals surface area contributed by atoms with Gasteiger partial charge in [0.1, 0.15) is 5.82 Å². The van der Waals surface area contributed by atoms with Crippen LogP contribution in [0.5, 0.6) is 0 Å². The molecule has 0 unspecified atom stereocenters. The molecule has 0 aliphatic heterocycles. The quantitative estimate of drug-likeness (QED) is 0.519. The van der Waals surface area contributed by atoms with E-state index in [0.29, 0.717) is 29.5 Å². The van der Waals surface area contributed by atoms with E-state index in [-0.39, 0.29) is 11.8 Å². The van der Waals surface area contributed by atoms with E-state index in [2.05, 4.69) is 15.6 Å². The highest BCUT2D eigenvalue weighted by Crippen LogP contribution is 2.23. The Kier molecular flexibility index (Phi) is 7.06. The lowest BCUT2D eigenvalue weighted by Crippen LogP contribution is -2.35. The van der Waals surface area contributed by atoms with Crippen LogP contribution in [-0.2, 0) is 9.59 Å². The van der Waals surface area contributed by atoms with Gasteiger partial charge in [-0.05, 0) is 30.5 Å². The SMILES string of the molecule is O=C(O)/C=C/c1cnc(NCCNC(=O)C2CCCCC2)c(Cl)c1. The van der Waals surface area contributed by atoms with Gasteiger partial charge in [-0.3, -0.25) is 4.79 Å². The molecule has 1 saturated carbocycles. The lowest BCUT2D eigenvalue weighted by molar-refractivity contribution is -0.131. The molecular weight excluding hydrogens is 330 g/mol. The number of nitrogens with one attached hydrogen (secondary N) is 2. The molecule has 1 aliphatic rings. The van der Waals surface area contributed by atoms with Crippen molar-refractivity contribution in [3.8, 4) is 0 Å². The van der Waals surface area contributed by atoms with Crippen molar-refractivity contribution in [1.82, 2.24) is 10.3 Å². The third-order valence-electron chi connectivity index (χ3n) is 3.97. The maximum atomic E-state index is 12.0. The predicted octanol–water partition coefficient (Wildman–Crippen LogP) is 2.94. The van der Waals surface area contributed by atoms with E-state index in [1.165, 1.54) is 18.7 Å². The van der Waals surface area contributed by atoms with Crippen molar-refractivity contribution in [1.29, 1.82) is 0 Å². The van der Waals surface area contributed by atoms with E-state index in [1.807, 2.05) is 0 Å². The summed E-state index contributed by atoms with van der Waals surface area (Å²) >= 11 is 6.11. The van der Waals surface area contributed by atoms with Gasteiger partial charge >= 0.3 is 5.97 Å². The van der Waals surface area contributed by atoms with Crippen LogP contribution in [0, 0.1) is 5.92 Å². The Hall–Kier alpha value is -2.08. The zero-order valence-electron chi connectivity index (χ0n) is 13.4. The summed E-state index contributed by atoms with van der Waals surface area (Å²) in [4.78, 5) is 26.7. The van der Waals surface area contributed by atoms with Crippen molar-refractivity contribution in [3.05, 3.63) is 28.9 Å². The van der Waals surface area contributed by atoms with Crippen LogP contribution in [0.4, 0.5) is 5.82 Å². The topological polar surface area (TPSA) is 91.3 Å². The first kappa shape index (κ1) is 18.3. The first-order valence-electron chi connectivity index (χ1n) is 8.14. The molecular formula is C17H22ClN3O3. The van der Waals surface area contributed by atoms with Crippen molar-refractivity contribution in [2.24, 2.45) is 5.92 Å². The smallest absolute Gasteiger partial charge is 0.328 e. The molecule has 1 aromatic heterocycles. The van der Waals surface area contributed by atoms with Crippen LogP contribution in [0.25, 0.3) is 6.08 Å². The van der Waals surface area contributed by atoms with Gasteiger partial charge in [0.2, 0.25) is 5.91 Å². The first-order chi connectivity index (χ1) is 11.6. The molecule has 0 aromatic carbocycles. The normalized spacial score (nSPS) is 15.4. The van der Waals surface area contributed by atoms with Crippen LogP contribution >= 0.6 is 11.6 Å². The monoisotopic (exact) mass is 351 g/mol. The number of carboxylic acids is 1. The lowest BCUT2D eigenvalue weighted by atomic mass is 9.89. The summed E-state index contributed by atoms with van der Waals surface area (Å²) in [5, 5.41) is 15.0. The van der Waals surface area contributed by atoms with Crippen LogP contribution in [-0.4, -0.2) is 35.1 Å². The summed E-state index contributed by atoms with van der Waals surface area (Å²) in [5.41, 5.74) is 0.610. The number of halogens is 1. The minimum Gasteiger partial charge on any atom is -0.478 e. The molecule has 2 rings (SSSR count). The Morgan fingerprint density at radius 3 is 2.71 bits per heavy atom. The Bertz CT molecular complexity index is 613. The van der Waals surface area contributed by atoms with Gasteiger partial charge in [-0.15, -0.1) is 0 Å². The maximum Gasteiger partial charge on any atom is 0.328 e. The van der Waals surface area contributed by atoms with E-state index in [9.17, 15) is 9.59 Å². The molecule has 1 heterocycles. The second-order valence-electron chi connectivity index (χ2n) is 5.82. The highest BCUT2D eigenvalue weighted by Gasteiger charge is 2.20. The number of aliphatic carboxylic acids is 1. The molecule has 0 spiro atoms. The lowest BCUT2D eigenvalue weighted by Gasteiger charge is -2.20. The van der Waals surface area contributed by atoms with E-state index >= 15 is 0 Å². The van der Waals surface area contributed by atoms with Gasteiger partial charge in [-0.2, -0.15) is 0 Å². The highest BCUT2D eigenvalue weighted by atomic mass is 35.5. The van der Waals surface area contributed by atoms with Gasteiger partial charge in [0, 0.05) is 31.3 Å². The number of anilines is 1. The molecule has 1 amide bonds. The van der Waals surface area contributed by atoms with Crippen LogP contribution in [0.2, 0.25) is 5.02 Å². The molecule has 24 heavy (non-hydrogen) atoms. The second kappa shape index (κ2) is 9.27. The summed E-state index contributed by atoms with van der Waals surface area (Å²) in [5.74, 6) is -0.233. The van der Waals surface area contributed by atoms with E-state index in [1.54, 1.807) is 6.07 Å². The minimum atomic E-state index is -1.03. The Morgan fingerprint density at radius 2 is 2.04 bits per heavy atom. The average molecular weight is 352 g/mol. The van der Waals surface area contributed by atoms with Crippen LogP contribution < -0.4 is 10.6 Å². The standard InChI is InChI=1S/C17H22ClN3O3/c18-14-10-12(6-7-15(22)23)11-21-16(14)19-8-9-20-17(24)13-4-2-1-3-5-13/h6-7,10-11,13H,1-5,8-9H2,(H,19,21)(H,20,24)(H,22,23)/b7-6+. The Labute approximate surface area is 146 Å². The fourth-order valence-corrected chi connectivity index (χ4v) is 2.96. The third kappa shape index (κ3) is 5.85. The zero-order chi connectivity index (χ0) is 17.4. The summed E-state index contributed by atoms with van der Waals surface area (Å²) in [7, 11) is 0. The largest absolute Gasteiger partial charge is 0.478 e. The molecule has 0 bridgehead atoms. The number of carbonyl (C=O) groups excluding carboxylic acids is 1. The summed E-state index contributed by atoms with van der Waals surface area (Å²) in [6, 6.07) is 1.64. The van der Waals surface area contributed by atoms with Gasteiger partial charge in [-0.25, -0.2) is 9.78 Å². The Balaban J connectivity index is 1.75. The van der Waals surface area contributed by atoms with E-state index < -0.39 is 5.97 Å². The van der Waals surface area contributed by atoms with Crippen LogP contribution in [0.1, 0.15) is 37.7 Å². The molecule has 0 saturated heterocycles. The Morgan fingerprint density at radius 1 is 1.29 bits per heavy atom. The molecule has 3 N–H and O–H groups in total. The van der Waals surface area contributed by atoms with Crippen molar-refractivity contribution >= 4 is 35.4 Å². The zero-order valence-corrected chi connectivity index (χ0v) is 14.2. The number of hydrogen-bond donors (Lipinski definition) is 3. The van der Waals surface area contributed by atoms with Crippen molar-refractivity contribution in [2.75, 3.05) is 18.4 Å². The number of aromatic nitrogens is 1. The van der Waals surface area contributed by atoms with Crippen molar-refractivity contribution in [2.45, 2.75) is 32.1 Å². The van der Waals surface area contributed by atoms with Gasteiger partial charge in [0.15, 0.2) is 0 Å². The molecule has 0 atom stereocenters. The molecule has 6 nitrogen and oxygen atoms in total. The number of hydrogen-bond acceptors (Lipinski definition) is 4. The van der Waals surface area contributed by atoms with Crippen LogP contribution in [0.3, 0.4) is 0 Å². The fourth-order valence-electron chi connectivity index (χ4n) is 2.72. The summed E-state index contributed by atoms with van der Waals surface area (Å²) < 4.78 is 0. The third-order valence-corrected chi connectivity index (χ3v) is 4.26.